The molecule has 2 amide bonds. The first-order valence-corrected chi connectivity index (χ1v) is 12.7. The summed E-state index contributed by atoms with van der Waals surface area (Å²) in [6, 6.07) is 16.8. The zero-order chi connectivity index (χ0) is 26.2. The number of amides is 2. The Morgan fingerprint density at radius 1 is 1.14 bits per heavy atom. The van der Waals surface area contributed by atoms with Gasteiger partial charge in [-0.05, 0) is 36.4 Å². The molecule has 9 nitrogen and oxygen atoms in total. The summed E-state index contributed by atoms with van der Waals surface area (Å²) >= 11 is 6.26. The molecular formula is C27H32ClN5O4. The number of hydrogen-bond acceptors (Lipinski definition) is 6. The second-order valence-corrected chi connectivity index (χ2v) is 9.19. The Labute approximate surface area is 221 Å². The summed E-state index contributed by atoms with van der Waals surface area (Å²) in [6.07, 6.45) is 0.348. The highest BCUT2D eigenvalue weighted by Gasteiger charge is 2.20. The first-order chi connectivity index (χ1) is 17.9. The molecule has 1 saturated heterocycles. The smallest absolute Gasteiger partial charge is 0.275 e. The van der Waals surface area contributed by atoms with Gasteiger partial charge in [0, 0.05) is 43.7 Å². The van der Waals surface area contributed by atoms with Gasteiger partial charge in [-0.25, -0.2) is 4.68 Å². The second-order valence-electron chi connectivity index (χ2n) is 8.75. The highest BCUT2D eigenvalue weighted by molar-refractivity contribution is 6.30. The topological polar surface area (TPSA) is 88.9 Å². The van der Waals surface area contributed by atoms with Gasteiger partial charge in [0.25, 0.3) is 5.91 Å². The van der Waals surface area contributed by atoms with E-state index < -0.39 is 0 Å². The van der Waals surface area contributed by atoms with Gasteiger partial charge < -0.3 is 19.7 Å². The van der Waals surface area contributed by atoms with Gasteiger partial charge in [0.05, 0.1) is 31.3 Å². The summed E-state index contributed by atoms with van der Waals surface area (Å²) in [5.41, 5.74) is 2.54. The predicted octanol–water partition coefficient (Wildman–Crippen LogP) is 3.46. The summed E-state index contributed by atoms with van der Waals surface area (Å²) in [7, 11) is 1.62. The van der Waals surface area contributed by atoms with Crippen molar-refractivity contribution >= 4 is 23.4 Å². The fraction of sp³-hybridized carbons (Fsp3) is 0.370. The lowest BCUT2D eigenvalue weighted by molar-refractivity contribution is -0.121. The molecule has 1 aliphatic heterocycles. The van der Waals surface area contributed by atoms with Crippen LogP contribution >= 0.6 is 11.6 Å². The summed E-state index contributed by atoms with van der Waals surface area (Å²) in [5.74, 6) is 0.295. The van der Waals surface area contributed by atoms with E-state index in [4.69, 9.17) is 21.1 Å². The molecule has 0 atom stereocenters. The van der Waals surface area contributed by atoms with Gasteiger partial charge in [-0.2, -0.15) is 5.10 Å². The van der Waals surface area contributed by atoms with Crippen LogP contribution < -0.4 is 10.1 Å². The van der Waals surface area contributed by atoms with Crippen molar-refractivity contribution in [3.63, 3.8) is 0 Å². The zero-order valence-electron chi connectivity index (χ0n) is 21.2. The van der Waals surface area contributed by atoms with Crippen LogP contribution in [0.4, 0.5) is 0 Å². The quantitative estimate of drug-likeness (QED) is 0.408. The van der Waals surface area contributed by atoms with Crippen LogP contribution in [0, 0.1) is 0 Å². The molecule has 10 heteroatoms. The van der Waals surface area contributed by atoms with Crippen LogP contribution in [-0.4, -0.2) is 84.6 Å². The number of carbonyl (C=O) groups is 2. The molecule has 4 rings (SSSR count). The predicted molar refractivity (Wildman–Crippen MR) is 142 cm³/mol. The molecule has 0 aliphatic carbocycles. The van der Waals surface area contributed by atoms with Crippen LogP contribution in [0.2, 0.25) is 5.02 Å². The van der Waals surface area contributed by atoms with E-state index in [0.29, 0.717) is 18.1 Å². The van der Waals surface area contributed by atoms with E-state index in [1.807, 2.05) is 36.4 Å². The number of halogens is 1. The van der Waals surface area contributed by atoms with Gasteiger partial charge in [0.15, 0.2) is 5.69 Å². The number of nitrogens with one attached hydrogen (secondary N) is 1. The molecule has 0 saturated carbocycles. The molecule has 0 spiro atoms. The summed E-state index contributed by atoms with van der Waals surface area (Å²) in [4.78, 5) is 28.5. The molecule has 0 unspecified atom stereocenters. The number of morpholine rings is 1. The number of carbonyl (C=O) groups excluding carboxylic acids is 2. The minimum absolute atomic E-state index is 0.0946. The van der Waals surface area contributed by atoms with Crippen LogP contribution in [0.5, 0.6) is 5.75 Å². The Bertz CT molecular complexity index is 1230. The SMILES string of the molecule is CCC(=O)NCN(C)C(=O)c1cc(-c2cccc(OCCN3CCOCC3)c2)n(-c2cccc(Cl)c2)n1. The monoisotopic (exact) mass is 525 g/mol. The molecule has 196 valence electrons. The Morgan fingerprint density at radius 2 is 1.92 bits per heavy atom. The Balaban J connectivity index is 1.57. The van der Waals surface area contributed by atoms with E-state index in [0.717, 1.165) is 55.5 Å². The number of benzene rings is 2. The first kappa shape index (κ1) is 26.7. The van der Waals surface area contributed by atoms with Gasteiger partial charge in [-0.3, -0.25) is 14.5 Å². The third kappa shape index (κ3) is 7.09. The van der Waals surface area contributed by atoms with Gasteiger partial charge in [0.1, 0.15) is 12.4 Å². The van der Waals surface area contributed by atoms with Crippen molar-refractivity contribution in [2.75, 3.05) is 53.2 Å². The summed E-state index contributed by atoms with van der Waals surface area (Å²) in [5, 5.41) is 7.89. The zero-order valence-corrected chi connectivity index (χ0v) is 21.9. The Kier molecular flexibility index (Phi) is 9.16. The lowest BCUT2D eigenvalue weighted by Crippen LogP contribution is -2.38. The molecular weight excluding hydrogens is 494 g/mol. The first-order valence-electron chi connectivity index (χ1n) is 12.4. The largest absolute Gasteiger partial charge is 0.492 e. The molecule has 1 fully saturated rings. The maximum absolute atomic E-state index is 13.1. The minimum atomic E-state index is -0.309. The van der Waals surface area contributed by atoms with E-state index >= 15 is 0 Å². The van der Waals surface area contributed by atoms with Crippen LogP contribution in [-0.2, 0) is 9.53 Å². The Hall–Kier alpha value is -3.40. The molecule has 37 heavy (non-hydrogen) atoms. The highest BCUT2D eigenvalue weighted by atomic mass is 35.5. The lowest BCUT2D eigenvalue weighted by atomic mass is 10.1. The van der Waals surface area contributed by atoms with Crippen molar-refractivity contribution in [3.8, 4) is 22.7 Å². The van der Waals surface area contributed by atoms with Gasteiger partial charge >= 0.3 is 0 Å². The van der Waals surface area contributed by atoms with Crippen molar-refractivity contribution in [2.45, 2.75) is 13.3 Å². The van der Waals surface area contributed by atoms with Crippen LogP contribution in [0.1, 0.15) is 23.8 Å². The van der Waals surface area contributed by atoms with Crippen molar-refractivity contribution in [2.24, 2.45) is 0 Å². The second kappa shape index (κ2) is 12.7. The normalized spacial score (nSPS) is 13.8. The molecule has 1 aliphatic rings. The van der Waals surface area contributed by atoms with Crippen molar-refractivity contribution in [3.05, 3.63) is 65.3 Å². The van der Waals surface area contributed by atoms with Crippen molar-refractivity contribution < 1.29 is 19.1 Å². The molecule has 1 aromatic heterocycles. The number of rotatable bonds is 10. The van der Waals surface area contributed by atoms with Gasteiger partial charge in [-0.1, -0.05) is 36.7 Å². The maximum atomic E-state index is 13.1. The number of nitrogens with zero attached hydrogens (tertiary/aromatic N) is 4. The standard InChI is InChI=1S/C27H32ClN5O4/c1-3-26(34)29-19-31(2)27(35)24-18-25(33(30-24)22-8-5-7-21(28)17-22)20-6-4-9-23(16-20)37-15-12-32-10-13-36-14-11-32/h4-9,16-18H,3,10-15,19H2,1-2H3,(H,29,34). The summed E-state index contributed by atoms with van der Waals surface area (Å²) in [6.45, 7) is 6.58. The average molecular weight is 526 g/mol. The van der Waals surface area contributed by atoms with Crippen LogP contribution in [0.15, 0.2) is 54.6 Å². The third-order valence-corrected chi connectivity index (χ3v) is 6.31. The number of hydrogen-bond donors (Lipinski definition) is 1. The summed E-state index contributed by atoms with van der Waals surface area (Å²) < 4.78 is 13.1. The van der Waals surface area contributed by atoms with Crippen LogP contribution in [0.3, 0.4) is 0 Å². The van der Waals surface area contributed by atoms with Gasteiger partial charge in [0.2, 0.25) is 5.91 Å². The fourth-order valence-electron chi connectivity index (χ4n) is 3.96. The molecule has 1 N–H and O–H groups in total. The Morgan fingerprint density at radius 3 is 2.68 bits per heavy atom. The molecule has 2 aromatic carbocycles. The minimum Gasteiger partial charge on any atom is -0.492 e. The molecule has 3 aromatic rings. The number of aromatic nitrogens is 2. The van der Waals surface area contributed by atoms with E-state index in [1.54, 1.807) is 36.9 Å². The fourth-order valence-corrected chi connectivity index (χ4v) is 4.14. The lowest BCUT2D eigenvalue weighted by Gasteiger charge is -2.26. The van der Waals surface area contributed by atoms with Crippen LogP contribution in [0.25, 0.3) is 16.9 Å². The van der Waals surface area contributed by atoms with E-state index in [9.17, 15) is 9.59 Å². The number of ether oxygens (including phenoxy) is 2. The highest BCUT2D eigenvalue weighted by Crippen LogP contribution is 2.28. The van der Waals surface area contributed by atoms with Gasteiger partial charge in [-0.15, -0.1) is 0 Å². The maximum Gasteiger partial charge on any atom is 0.275 e. The van der Waals surface area contributed by atoms with Crippen molar-refractivity contribution in [1.29, 1.82) is 0 Å². The molecule has 2 heterocycles. The van der Waals surface area contributed by atoms with E-state index in [2.05, 4.69) is 15.3 Å². The van der Waals surface area contributed by atoms with E-state index in [-0.39, 0.29) is 24.2 Å². The molecule has 0 bridgehead atoms. The van der Waals surface area contributed by atoms with E-state index in [1.165, 1.54) is 4.90 Å². The van der Waals surface area contributed by atoms with Crippen molar-refractivity contribution in [1.82, 2.24) is 24.9 Å². The molecule has 0 radical (unpaired) electrons. The average Bonchev–Trinajstić information content (AvgIpc) is 3.37. The third-order valence-electron chi connectivity index (χ3n) is 6.07.